The van der Waals surface area contributed by atoms with Crippen molar-refractivity contribution in [1.29, 1.82) is 0 Å². The molecule has 66 heavy (non-hydrogen) atoms. The third-order valence-corrected chi connectivity index (χ3v) is 14.5. The minimum absolute atomic E-state index is 0.237. The van der Waals surface area contributed by atoms with Crippen LogP contribution in [0.15, 0.2) is 199 Å². The second-order valence-electron chi connectivity index (χ2n) is 18.5. The van der Waals surface area contributed by atoms with Crippen molar-refractivity contribution in [2.45, 2.75) is 32.1 Å². The molecule has 312 valence electrons. The molecule has 0 bridgehead atoms. The number of benzene rings is 8. The average molecular weight is 847 g/mol. The number of para-hydroxylation sites is 2. The van der Waals surface area contributed by atoms with E-state index >= 15 is 0 Å². The number of fused-ring (bicyclic) bond motifs is 13. The van der Waals surface area contributed by atoms with Gasteiger partial charge in [0, 0.05) is 61.1 Å². The van der Waals surface area contributed by atoms with Crippen LogP contribution in [0.4, 0.5) is 0 Å². The van der Waals surface area contributed by atoms with E-state index in [2.05, 4.69) is 187 Å². The van der Waals surface area contributed by atoms with Gasteiger partial charge in [0.25, 0.3) is 0 Å². The molecule has 0 fully saturated rings. The van der Waals surface area contributed by atoms with Gasteiger partial charge < -0.3 is 13.6 Å². The zero-order chi connectivity index (χ0) is 43.7. The summed E-state index contributed by atoms with van der Waals surface area (Å²) in [4.78, 5) is 9.73. The maximum absolute atomic E-state index is 6.72. The number of aromatic nitrogens is 4. The monoisotopic (exact) mass is 846 g/mol. The molecule has 0 N–H and O–H groups in total. The van der Waals surface area contributed by atoms with Gasteiger partial charge in [0.15, 0.2) is 5.82 Å². The Balaban J connectivity index is 0.887. The Bertz CT molecular complexity index is 4080. The summed E-state index contributed by atoms with van der Waals surface area (Å²) in [5.74, 6) is 0.737. The molecule has 5 nitrogen and oxygen atoms in total. The minimum Gasteiger partial charge on any atom is -0.455 e. The zero-order valence-corrected chi connectivity index (χ0v) is 36.6. The first-order chi connectivity index (χ1) is 32.5. The third-order valence-electron chi connectivity index (χ3n) is 14.5. The van der Waals surface area contributed by atoms with Crippen molar-refractivity contribution in [1.82, 2.24) is 19.1 Å². The van der Waals surface area contributed by atoms with E-state index in [0.29, 0.717) is 0 Å². The molecule has 12 aromatic rings. The first-order valence-electron chi connectivity index (χ1n) is 22.9. The van der Waals surface area contributed by atoms with Gasteiger partial charge in [-0.2, -0.15) is 0 Å². The van der Waals surface area contributed by atoms with Gasteiger partial charge in [-0.25, -0.2) is 9.97 Å². The van der Waals surface area contributed by atoms with Crippen molar-refractivity contribution >= 4 is 71.2 Å². The highest BCUT2D eigenvalue weighted by Gasteiger charge is 2.36. The Morgan fingerprint density at radius 1 is 0.530 bits per heavy atom. The normalized spacial score (nSPS) is 14.2. The van der Waals surface area contributed by atoms with Gasteiger partial charge in [0.05, 0.1) is 33.1 Å². The lowest BCUT2D eigenvalue weighted by molar-refractivity contribution is 0.660. The largest absolute Gasteiger partial charge is 0.455 e. The van der Waals surface area contributed by atoms with Gasteiger partial charge in [0.1, 0.15) is 11.2 Å². The highest BCUT2D eigenvalue weighted by atomic mass is 16.3. The summed E-state index contributed by atoms with van der Waals surface area (Å²) < 4.78 is 11.6. The molecule has 8 aromatic carbocycles. The molecule has 0 unspecified atom stereocenters. The molecule has 0 saturated carbocycles. The van der Waals surface area contributed by atoms with Crippen LogP contribution in [0.2, 0.25) is 0 Å². The van der Waals surface area contributed by atoms with Crippen LogP contribution in [0.3, 0.4) is 0 Å². The summed E-state index contributed by atoms with van der Waals surface area (Å²) >= 11 is 0. The Morgan fingerprint density at radius 3 is 2.06 bits per heavy atom. The van der Waals surface area contributed by atoms with Gasteiger partial charge >= 0.3 is 0 Å². The molecular weight excluding hydrogens is 805 g/mol. The van der Waals surface area contributed by atoms with E-state index in [9.17, 15) is 0 Å². The standard InChI is InChI=1S/C61H42N4O/c1-61(2)50-35-40(60-62-32-31-52(63-60)37-13-5-3-6-14-37)21-25-43(50)44-26-24-42(36-51(44)61)65-53-19-11-9-17-45(53)48-33-38(22-28-54(48)65)39-23-29-55-49(34-39)58-56(64(55)41-15-7-4-8-16-41)30-27-47-46-18-10-12-20-57(46)66-59(47)58/h3-7,9-15,17-36H,8,16H2,1-2H3. The number of nitrogens with zero attached hydrogens (tertiary/aromatic N) is 4. The van der Waals surface area contributed by atoms with Crippen LogP contribution in [0.5, 0.6) is 0 Å². The predicted molar refractivity (Wildman–Crippen MR) is 273 cm³/mol. The molecule has 0 spiro atoms. The van der Waals surface area contributed by atoms with E-state index in [-0.39, 0.29) is 5.41 Å². The number of rotatable bonds is 5. The van der Waals surface area contributed by atoms with Crippen molar-refractivity contribution in [3.8, 4) is 50.6 Å². The fourth-order valence-corrected chi connectivity index (χ4v) is 11.3. The summed E-state index contributed by atoms with van der Waals surface area (Å²) in [7, 11) is 0. The molecular formula is C61H42N4O. The maximum Gasteiger partial charge on any atom is 0.159 e. The first kappa shape index (κ1) is 37.1. The molecule has 0 aliphatic heterocycles. The minimum atomic E-state index is -0.237. The lowest BCUT2D eigenvalue weighted by Crippen LogP contribution is -2.15. The molecule has 14 rings (SSSR count). The summed E-state index contributed by atoms with van der Waals surface area (Å²) in [5.41, 5.74) is 19.4. The molecule has 2 aliphatic carbocycles. The molecule has 0 radical (unpaired) electrons. The van der Waals surface area contributed by atoms with Crippen LogP contribution in [0.25, 0.3) is 122 Å². The third kappa shape index (κ3) is 5.34. The second kappa shape index (κ2) is 13.9. The van der Waals surface area contributed by atoms with Crippen molar-refractivity contribution in [3.63, 3.8) is 0 Å². The average Bonchev–Trinajstić information content (AvgIpc) is 4.09. The topological polar surface area (TPSA) is 48.8 Å². The summed E-state index contributed by atoms with van der Waals surface area (Å²) in [6.45, 7) is 4.70. The number of hydrogen-bond donors (Lipinski definition) is 0. The van der Waals surface area contributed by atoms with Crippen molar-refractivity contribution in [2.24, 2.45) is 0 Å². The molecule has 4 aromatic heterocycles. The molecule has 0 amide bonds. The van der Waals surface area contributed by atoms with Crippen molar-refractivity contribution in [3.05, 3.63) is 205 Å². The van der Waals surface area contributed by atoms with Crippen LogP contribution in [-0.2, 0) is 5.41 Å². The highest BCUT2D eigenvalue weighted by molar-refractivity contribution is 6.24. The highest BCUT2D eigenvalue weighted by Crippen LogP contribution is 2.51. The molecule has 5 heteroatoms. The van der Waals surface area contributed by atoms with Crippen LogP contribution >= 0.6 is 0 Å². The Labute approximate surface area is 381 Å². The lowest BCUT2D eigenvalue weighted by atomic mass is 9.82. The summed E-state index contributed by atoms with van der Waals surface area (Å²) in [5, 5.41) is 7.13. The Morgan fingerprint density at radius 2 is 1.23 bits per heavy atom. The van der Waals surface area contributed by atoms with E-state index in [4.69, 9.17) is 14.4 Å². The fraction of sp³-hybridized carbons (Fsp3) is 0.0820. The molecule has 0 saturated heterocycles. The Kier molecular flexibility index (Phi) is 7.80. The van der Waals surface area contributed by atoms with Gasteiger partial charge in [-0.3, -0.25) is 0 Å². The van der Waals surface area contributed by atoms with E-state index in [1.54, 1.807) is 0 Å². The smallest absolute Gasteiger partial charge is 0.159 e. The molecule has 2 aliphatic rings. The van der Waals surface area contributed by atoms with Crippen molar-refractivity contribution < 1.29 is 4.42 Å². The lowest BCUT2D eigenvalue weighted by Gasteiger charge is -2.23. The van der Waals surface area contributed by atoms with Crippen LogP contribution < -0.4 is 0 Å². The van der Waals surface area contributed by atoms with Crippen LogP contribution in [0.1, 0.15) is 37.8 Å². The quantitative estimate of drug-likeness (QED) is 0.173. The van der Waals surface area contributed by atoms with E-state index in [1.165, 1.54) is 77.3 Å². The first-order valence-corrected chi connectivity index (χ1v) is 22.9. The summed E-state index contributed by atoms with van der Waals surface area (Å²) in [6, 6.07) is 61.8. The van der Waals surface area contributed by atoms with Gasteiger partial charge in [-0.1, -0.05) is 123 Å². The van der Waals surface area contributed by atoms with Gasteiger partial charge in [-0.15, -0.1) is 0 Å². The second-order valence-corrected chi connectivity index (χ2v) is 18.5. The summed E-state index contributed by atoms with van der Waals surface area (Å²) in [6.07, 6.45) is 10.6. The number of hydrogen-bond acceptors (Lipinski definition) is 3. The van der Waals surface area contributed by atoms with E-state index < -0.39 is 0 Å². The van der Waals surface area contributed by atoms with E-state index in [1.807, 2.05) is 30.5 Å². The van der Waals surface area contributed by atoms with Crippen LogP contribution in [-0.4, -0.2) is 19.1 Å². The maximum atomic E-state index is 6.72. The molecule has 4 heterocycles. The fourth-order valence-electron chi connectivity index (χ4n) is 11.3. The Hall–Kier alpha value is -8.28. The SMILES string of the molecule is CC1(C)c2cc(-c3nccc(-c4ccccc4)n3)ccc2-c2ccc(-n3c4ccccc4c4cc(-c5ccc6c(c5)c5c7oc8ccccc8c7ccc5n6C5=CC=CCC5)ccc43)cc21. The van der Waals surface area contributed by atoms with Crippen molar-refractivity contribution in [2.75, 3.05) is 0 Å². The van der Waals surface area contributed by atoms with E-state index in [0.717, 1.165) is 68.5 Å². The van der Waals surface area contributed by atoms with Gasteiger partial charge in [-0.05, 0) is 125 Å². The zero-order valence-electron chi connectivity index (χ0n) is 36.6. The van der Waals surface area contributed by atoms with Gasteiger partial charge in [0.2, 0.25) is 0 Å². The number of furan rings is 1. The molecule has 0 atom stereocenters. The number of allylic oxidation sites excluding steroid dienone is 4. The van der Waals surface area contributed by atoms with Crippen LogP contribution in [0, 0.1) is 0 Å². The predicted octanol–water partition coefficient (Wildman–Crippen LogP) is 16.1.